The summed E-state index contributed by atoms with van der Waals surface area (Å²) in [6.07, 6.45) is -3.49. The van der Waals surface area contributed by atoms with Crippen LogP contribution >= 0.6 is 0 Å². The first-order valence-corrected chi connectivity index (χ1v) is 3.79. The quantitative estimate of drug-likeness (QED) is 0.531. The Labute approximate surface area is 69.8 Å². The van der Waals surface area contributed by atoms with Gasteiger partial charge >= 0.3 is 0 Å². The van der Waals surface area contributed by atoms with Gasteiger partial charge in [0.25, 0.3) is 0 Å². The maximum absolute atomic E-state index is 13.1. The minimum absolute atomic E-state index is 0.134. The number of halogens is 3. The van der Waals surface area contributed by atoms with E-state index < -0.39 is 18.2 Å². The number of alkyl halides is 2. The van der Waals surface area contributed by atoms with Crippen LogP contribution in [-0.4, -0.2) is 12.3 Å². The fraction of sp³-hybridized carbons (Fsp3) is 0.556. The van der Waals surface area contributed by atoms with E-state index in [0.717, 1.165) is 0 Å². The molecule has 2 unspecified atom stereocenters. The van der Waals surface area contributed by atoms with Crippen LogP contribution in [0.3, 0.4) is 0 Å². The monoisotopic (exact) mass is 176 g/mol. The molecule has 0 fully saturated rings. The summed E-state index contributed by atoms with van der Waals surface area (Å²) in [4.78, 5) is 0. The molecule has 0 radical (unpaired) electrons. The van der Waals surface area contributed by atoms with Crippen LogP contribution in [0, 0.1) is 0 Å². The molecule has 0 amide bonds. The molecule has 2 atom stereocenters. The van der Waals surface area contributed by atoms with E-state index in [9.17, 15) is 13.2 Å². The fourth-order valence-corrected chi connectivity index (χ4v) is 1.24. The van der Waals surface area contributed by atoms with E-state index in [2.05, 4.69) is 0 Å². The summed E-state index contributed by atoms with van der Waals surface area (Å²) in [6.45, 7) is 4.16. The summed E-state index contributed by atoms with van der Waals surface area (Å²) < 4.78 is 39.0. The van der Waals surface area contributed by atoms with Crippen molar-refractivity contribution >= 4 is 0 Å². The SMILES string of the molecule is CC1=C(C)C(F)C(F)C(C)=C1F. The standard InChI is InChI=1S/C9H11F3/c1-4-5(2)8(11)9(12)6(3)7(4)10/h8-9H,1-3H3. The normalized spacial score (nSPS) is 31.5. The molecule has 0 aliphatic heterocycles. The summed E-state index contributed by atoms with van der Waals surface area (Å²) in [5, 5.41) is 0. The smallest absolute Gasteiger partial charge is 0.159 e. The number of hydrogen-bond acceptors (Lipinski definition) is 0. The molecule has 1 aliphatic rings. The Morgan fingerprint density at radius 1 is 0.917 bits per heavy atom. The van der Waals surface area contributed by atoms with Crippen molar-refractivity contribution in [3.05, 3.63) is 22.5 Å². The highest BCUT2D eigenvalue weighted by atomic mass is 19.2. The summed E-state index contributed by atoms with van der Waals surface area (Å²) >= 11 is 0. The minimum Gasteiger partial charge on any atom is -0.239 e. The zero-order valence-corrected chi connectivity index (χ0v) is 7.29. The molecule has 1 rings (SSSR count). The lowest BCUT2D eigenvalue weighted by atomic mass is 9.91. The van der Waals surface area contributed by atoms with Gasteiger partial charge < -0.3 is 0 Å². The summed E-state index contributed by atoms with van der Waals surface area (Å²) in [5.74, 6) is -0.603. The van der Waals surface area contributed by atoms with Crippen molar-refractivity contribution in [1.82, 2.24) is 0 Å². The minimum atomic E-state index is -1.81. The Hall–Kier alpha value is -0.730. The summed E-state index contributed by atoms with van der Waals surface area (Å²) in [6, 6.07) is 0. The predicted octanol–water partition coefficient (Wildman–Crippen LogP) is 3.26. The van der Waals surface area contributed by atoms with Crippen molar-refractivity contribution < 1.29 is 13.2 Å². The van der Waals surface area contributed by atoms with Gasteiger partial charge in [-0.2, -0.15) is 0 Å². The van der Waals surface area contributed by atoms with E-state index in [0.29, 0.717) is 0 Å². The van der Waals surface area contributed by atoms with E-state index in [1.807, 2.05) is 0 Å². The van der Waals surface area contributed by atoms with Gasteiger partial charge in [-0.3, -0.25) is 0 Å². The van der Waals surface area contributed by atoms with E-state index in [1.54, 1.807) is 0 Å². The Bertz CT molecular complexity index is 235. The van der Waals surface area contributed by atoms with Crippen molar-refractivity contribution in [3.63, 3.8) is 0 Å². The Kier molecular flexibility index (Phi) is 2.31. The molecule has 0 saturated carbocycles. The first-order chi connectivity index (χ1) is 5.46. The van der Waals surface area contributed by atoms with Crippen LogP contribution in [0.25, 0.3) is 0 Å². The summed E-state index contributed by atoms with van der Waals surface area (Å²) in [5.41, 5.74) is 0.255. The van der Waals surface area contributed by atoms with Crippen LogP contribution in [0.1, 0.15) is 20.8 Å². The maximum Gasteiger partial charge on any atom is 0.159 e. The Balaban J connectivity index is 3.18. The van der Waals surface area contributed by atoms with Crippen LogP contribution in [0.5, 0.6) is 0 Å². The van der Waals surface area contributed by atoms with E-state index >= 15 is 0 Å². The number of rotatable bonds is 0. The molecule has 0 aromatic carbocycles. The molecule has 0 nitrogen and oxygen atoms in total. The Morgan fingerprint density at radius 2 is 1.33 bits per heavy atom. The lowest BCUT2D eigenvalue weighted by molar-refractivity contribution is 0.216. The van der Waals surface area contributed by atoms with Crippen LogP contribution < -0.4 is 0 Å². The van der Waals surface area contributed by atoms with E-state index in [1.165, 1.54) is 20.8 Å². The number of allylic oxidation sites excluding steroid dienone is 4. The van der Waals surface area contributed by atoms with Gasteiger partial charge in [0.05, 0.1) is 0 Å². The second-order valence-corrected chi connectivity index (χ2v) is 3.11. The lowest BCUT2D eigenvalue weighted by Crippen LogP contribution is -2.25. The van der Waals surface area contributed by atoms with Gasteiger partial charge in [-0.25, -0.2) is 13.2 Å². The molecule has 0 heterocycles. The van der Waals surface area contributed by atoms with Gasteiger partial charge in [0.1, 0.15) is 5.83 Å². The third kappa shape index (κ3) is 1.17. The second-order valence-electron chi connectivity index (χ2n) is 3.11. The van der Waals surface area contributed by atoms with Crippen LogP contribution in [0.4, 0.5) is 13.2 Å². The van der Waals surface area contributed by atoms with Crippen LogP contribution in [0.15, 0.2) is 22.5 Å². The van der Waals surface area contributed by atoms with Crippen LogP contribution in [-0.2, 0) is 0 Å². The first kappa shape index (κ1) is 9.36. The van der Waals surface area contributed by atoms with Gasteiger partial charge in [0, 0.05) is 0 Å². The van der Waals surface area contributed by atoms with Crippen molar-refractivity contribution in [2.75, 3.05) is 0 Å². The molecule has 0 spiro atoms. The molecule has 0 aromatic rings. The average Bonchev–Trinajstić information content (AvgIpc) is 2.08. The summed E-state index contributed by atoms with van der Waals surface area (Å²) in [7, 11) is 0. The fourth-order valence-electron chi connectivity index (χ4n) is 1.24. The van der Waals surface area contributed by atoms with Crippen molar-refractivity contribution in [3.8, 4) is 0 Å². The zero-order chi connectivity index (χ0) is 9.46. The Morgan fingerprint density at radius 3 is 1.83 bits per heavy atom. The third-order valence-electron chi connectivity index (χ3n) is 2.35. The van der Waals surface area contributed by atoms with Gasteiger partial charge in [-0.05, 0) is 37.5 Å². The molecule has 12 heavy (non-hydrogen) atoms. The largest absolute Gasteiger partial charge is 0.239 e. The molecule has 3 heteroatoms. The lowest BCUT2D eigenvalue weighted by Gasteiger charge is -2.23. The first-order valence-electron chi connectivity index (χ1n) is 3.79. The highest BCUT2D eigenvalue weighted by Gasteiger charge is 2.32. The molecule has 1 aliphatic carbocycles. The maximum atomic E-state index is 13.1. The molecule has 68 valence electrons. The predicted molar refractivity (Wildman–Crippen MR) is 42.0 cm³/mol. The van der Waals surface area contributed by atoms with E-state index in [-0.39, 0.29) is 16.7 Å². The molecule has 0 N–H and O–H groups in total. The van der Waals surface area contributed by atoms with E-state index in [4.69, 9.17) is 0 Å². The molecule has 0 aromatic heterocycles. The van der Waals surface area contributed by atoms with Crippen molar-refractivity contribution in [2.45, 2.75) is 33.1 Å². The van der Waals surface area contributed by atoms with Gasteiger partial charge in [-0.15, -0.1) is 0 Å². The topological polar surface area (TPSA) is 0 Å². The van der Waals surface area contributed by atoms with Crippen molar-refractivity contribution in [2.24, 2.45) is 0 Å². The molecule has 0 saturated heterocycles. The van der Waals surface area contributed by atoms with Gasteiger partial charge in [-0.1, -0.05) is 0 Å². The molecule has 0 bridgehead atoms. The average molecular weight is 176 g/mol. The second kappa shape index (κ2) is 2.96. The van der Waals surface area contributed by atoms with Gasteiger partial charge in [0.2, 0.25) is 0 Å². The highest BCUT2D eigenvalue weighted by molar-refractivity contribution is 5.40. The van der Waals surface area contributed by atoms with Crippen molar-refractivity contribution in [1.29, 1.82) is 0 Å². The molecular weight excluding hydrogens is 165 g/mol. The third-order valence-corrected chi connectivity index (χ3v) is 2.35. The van der Waals surface area contributed by atoms with Crippen LogP contribution in [0.2, 0.25) is 0 Å². The highest BCUT2D eigenvalue weighted by Crippen LogP contribution is 2.34. The van der Waals surface area contributed by atoms with Gasteiger partial charge in [0.15, 0.2) is 12.3 Å². The number of hydrogen-bond donors (Lipinski definition) is 0. The zero-order valence-electron chi connectivity index (χ0n) is 7.29. The molecular formula is C9H11F3.